The number of hydrazine groups is 1. The van der Waals surface area contributed by atoms with Crippen LogP contribution in [0.15, 0.2) is 6.07 Å². The first kappa shape index (κ1) is 12.1. The summed E-state index contributed by atoms with van der Waals surface area (Å²) in [4.78, 5) is 11.1. The van der Waals surface area contributed by atoms with Gasteiger partial charge in [0.1, 0.15) is 17.5 Å². The topological polar surface area (TPSA) is 67.1 Å². The minimum atomic E-state index is 0.527. The van der Waals surface area contributed by atoms with Crippen LogP contribution in [0.2, 0.25) is 0 Å². The van der Waals surface area contributed by atoms with Crippen molar-refractivity contribution in [2.75, 3.05) is 16.9 Å². The molecule has 0 amide bonds. The monoisotopic (exact) mass is 235 g/mol. The van der Waals surface area contributed by atoms with Crippen LogP contribution in [0.5, 0.6) is 0 Å². The highest BCUT2D eigenvalue weighted by atomic mass is 15.3. The van der Waals surface area contributed by atoms with Crippen molar-refractivity contribution in [2.24, 2.45) is 11.8 Å². The molecule has 1 saturated heterocycles. The molecule has 2 atom stereocenters. The Morgan fingerprint density at radius 2 is 2.18 bits per heavy atom. The Kier molecular flexibility index (Phi) is 3.47. The van der Waals surface area contributed by atoms with Crippen molar-refractivity contribution in [3.8, 4) is 0 Å². The fourth-order valence-corrected chi connectivity index (χ4v) is 2.52. The molecule has 1 aromatic heterocycles. The Hall–Kier alpha value is -1.36. The van der Waals surface area contributed by atoms with Gasteiger partial charge in [-0.2, -0.15) is 0 Å². The molecule has 5 nitrogen and oxygen atoms in total. The minimum absolute atomic E-state index is 0.527. The Morgan fingerprint density at radius 3 is 2.82 bits per heavy atom. The maximum absolute atomic E-state index is 5.42. The maximum atomic E-state index is 5.42. The van der Waals surface area contributed by atoms with Crippen LogP contribution in [0.3, 0.4) is 0 Å². The van der Waals surface area contributed by atoms with Crippen LogP contribution < -0.4 is 16.2 Å². The van der Waals surface area contributed by atoms with Gasteiger partial charge in [0.15, 0.2) is 0 Å². The highest BCUT2D eigenvalue weighted by molar-refractivity contribution is 5.49. The molecule has 2 rings (SSSR count). The number of aryl methyl sites for hydroxylation is 1. The molecule has 0 bridgehead atoms. The zero-order valence-electron chi connectivity index (χ0n) is 10.8. The van der Waals surface area contributed by atoms with E-state index in [2.05, 4.69) is 34.1 Å². The second-order valence-electron chi connectivity index (χ2n) is 4.97. The van der Waals surface area contributed by atoms with E-state index in [0.717, 1.165) is 24.1 Å². The van der Waals surface area contributed by atoms with Crippen LogP contribution >= 0.6 is 0 Å². The van der Waals surface area contributed by atoms with Crippen molar-refractivity contribution in [2.45, 2.75) is 39.7 Å². The molecule has 0 spiro atoms. The predicted octanol–water partition coefficient (Wildman–Crippen LogP) is 1.70. The van der Waals surface area contributed by atoms with Crippen LogP contribution in [0.1, 0.15) is 32.5 Å². The quantitative estimate of drug-likeness (QED) is 0.603. The number of piperidine rings is 1. The molecule has 0 saturated carbocycles. The van der Waals surface area contributed by atoms with E-state index < -0.39 is 0 Å². The molecular weight excluding hydrogens is 214 g/mol. The van der Waals surface area contributed by atoms with Crippen LogP contribution in [0.4, 0.5) is 11.6 Å². The number of nitrogen functional groups attached to an aromatic ring is 1. The second-order valence-corrected chi connectivity index (χ2v) is 4.97. The number of anilines is 2. The molecule has 0 aliphatic carbocycles. The van der Waals surface area contributed by atoms with Crippen molar-refractivity contribution >= 4 is 11.6 Å². The van der Waals surface area contributed by atoms with Gasteiger partial charge in [-0.1, -0.05) is 6.92 Å². The second kappa shape index (κ2) is 4.87. The largest absolute Gasteiger partial charge is 0.354 e. The van der Waals surface area contributed by atoms with Gasteiger partial charge in [-0.15, -0.1) is 0 Å². The third kappa shape index (κ3) is 2.66. The molecule has 1 aliphatic heterocycles. The Balaban J connectivity index is 2.24. The first-order valence-electron chi connectivity index (χ1n) is 6.19. The number of hydrogen-bond acceptors (Lipinski definition) is 5. The van der Waals surface area contributed by atoms with Gasteiger partial charge in [0.25, 0.3) is 0 Å². The van der Waals surface area contributed by atoms with Crippen LogP contribution in [-0.2, 0) is 0 Å². The van der Waals surface area contributed by atoms with Crippen molar-refractivity contribution in [1.82, 2.24) is 9.97 Å². The van der Waals surface area contributed by atoms with Gasteiger partial charge < -0.3 is 10.3 Å². The minimum Gasteiger partial charge on any atom is -0.354 e. The summed E-state index contributed by atoms with van der Waals surface area (Å²) in [5, 5.41) is 0. The highest BCUT2D eigenvalue weighted by Crippen LogP contribution is 2.27. The molecule has 94 valence electrons. The van der Waals surface area contributed by atoms with Gasteiger partial charge in [0.05, 0.1) is 0 Å². The SMILES string of the molecule is Cc1nc(NN)cc(N2CCC(C)CC2C)n1. The van der Waals surface area contributed by atoms with E-state index in [1.807, 2.05) is 13.0 Å². The van der Waals surface area contributed by atoms with Crippen molar-refractivity contribution in [3.63, 3.8) is 0 Å². The lowest BCUT2D eigenvalue weighted by atomic mass is 9.93. The van der Waals surface area contributed by atoms with E-state index in [1.54, 1.807) is 0 Å². The summed E-state index contributed by atoms with van der Waals surface area (Å²) in [6.45, 7) is 7.51. The summed E-state index contributed by atoms with van der Waals surface area (Å²) >= 11 is 0. The van der Waals surface area contributed by atoms with Gasteiger partial charge in [-0.05, 0) is 32.6 Å². The number of hydrogen-bond donors (Lipinski definition) is 2. The molecule has 3 N–H and O–H groups in total. The normalized spacial score (nSPS) is 24.8. The lowest BCUT2D eigenvalue weighted by molar-refractivity contribution is 0.376. The summed E-state index contributed by atoms with van der Waals surface area (Å²) in [7, 11) is 0. The highest BCUT2D eigenvalue weighted by Gasteiger charge is 2.24. The van der Waals surface area contributed by atoms with Gasteiger partial charge in [0.2, 0.25) is 0 Å². The van der Waals surface area contributed by atoms with Crippen molar-refractivity contribution < 1.29 is 0 Å². The first-order valence-corrected chi connectivity index (χ1v) is 6.19. The third-order valence-electron chi connectivity index (χ3n) is 3.40. The Labute approximate surface area is 102 Å². The lowest BCUT2D eigenvalue weighted by Crippen LogP contribution is -2.40. The van der Waals surface area contributed by atoms with E-state index in [0.29, 0.717) is 11.9 Å². The van der Waals surface area contributed by atoms with Crippen LogP contribution in [0.25, 0.3) is 0 Å². The van der Waals surface area contributed by atoms with Crippen LogP contribution in [-0.4, -0.2) is 22.6 Å². The molecule has 2 heterocycles. The zero-order chi connectivity index (χ0) is 12.4. The van der Waals surface area contributed by atoms with Crippen molar-refractivity contribution in [1.29, 1.82) is 0 Å². The van der Waals surface area contributed by atoms with Crippen molar-refractivity contribution in [3.05, 3.63) is 11.9 Å². The molecular formula is C12H21N5. The third-order valence-corrected chi connectivity index (χ3v) is 3.40. The molecule has 17 heavy (non-hydrogen) atoms. The average Bonchev–Trinajstić information content (AvgIpc) is 2.28. The number of aromatic nitrogens is 2. The van der Waals surface area contributed by atoms with Gasteiger partial charge in [-0.3, -0.25) is 0 Å². The molecule has 1 aromatic rings. The molecule has 0 aromatic carbocycles. The van der Waals surface area contributed by atoms with Crippen LogP contribution in [0, 0.1) is 12.8 Å². The summed E-state index contributed by atoms with van der Waals surface area (Å²) < 4.78 is 0. The van der Waals surface area contributed by atoms with E-state index >= 15 is 0 Å². The Bertz CT molecular complexity index is 392. The van der Waals surface area contributed by atoms with E-state index in [4.69, 9.17) is 5.84 Å². The lowest BCUT2D eigenvalue weighted by Gasteiger charge is -2.37. The maximum Gasteiger partial charge on any atom is 0.145 e. The number of nitrogens with two attached hydrogens (primary N) is 1. The predicted molar refractivity (Wildman–Crippen MR) is 69.8 cm³/mol. The summed E-state index contributed by atoms with van der Waals surface area (Å²) in [6.07, 6.45) is 2.44. The number of rotatable bonds is 2. The molecule has 2 unspecified atom stereocenters. The summed E-state index contributed by atoms with van der Waals surface area (Å²) in [5.74, 6) is 8.62. The molecule has 1 aliphatic rings. The number of nitrogens with one attached hydrogen (secondary N) is 1. The van der Waals surface area contributed by atoms with Gasteiger partial charge in [-0.25, -0.2) is 15.8 Å². The van der Waals surface area contributed by atoms with E-state index in [1.165, 1.54) is 12.8 Å². The average molecular weight is 235 g/mol. The zero-order valence-corrected chi connectivity index (χ0v) is 10.8. The molecule has 5 heteroatoms. The first-order chi connectivity index (χ1) is 8.10. The fourth-order valence-electron chi connectivity index (χ4n) is 2.52. The summed E-state index contributed by atoms with van der Waals surface area (Å²) in [6, 6.07) is 2.44. The molecule has 1 fully saturated rings. The Morgan fingerprint density at radius 1 is 1.41 bits per heavy atom. The van der Waals surface area contributed by atoms with Gasteiger partial charge >= 0.3 is 0 Å². The number of nitrogens with zero attached hydrogens (tertiary/aromatic N) is 3. The molecule has 0 radical (unpaired) electrons. The summed E-state index contributed by atoms with van der Waals surface area (Å²) in [5.41, 5.74) is 2.59. The smallest absolute Gasteiger partial charge is 0.145 e. The van der Waals surface area contributed by atoms with E-state index in [-0.39, 0.29) is 0 Å². The fraction of sp³-hybridized carbons (Fsp3) is 0.667. The van der Waals surface area contributed by atoms with Gasteiger partial charge in [0, 0.05) is 18.7 Å². The van der Waals surface area contributed by atoms with E-state index in [9.17, 15) is 0 Å². The standard InChI is InChI=1S/C12H21N5/c1-8-4-5-17(9(2)6-8)12-7-11(16-13)14-10(3)15-12/h7-9H,4-6,13H2,1-3H3,(H,14,15,16).